The molecule has 0 heterocycles. The molecule has 11 heavy (non-hydrogen) atoms. The summed E-state index contributed by atoms with van der Waals surface area (Å²) in [6, 6.07) is 0. The Morgan fingerprint density at radius 3 is 2.36 bits per heavy atom. The SMILES string of the molecule is CCC(C)(CC)C1=CCC=C1. The molecule has 0 unspecified atom stereocenters. The van der Waals surface area contributed by atoms with Gasteiger partial charge in [0.2, 0.25) is 0 Å². The maximum absolute atomic E-state index is 2.36. The van der Waals surface area contributed by atoms with Crippen molar-refractivity contribution in [1.82, 2.24) is 0 Å². The summed E-state index contributed by atoms with van der Waals surface area (Å²) in [5.41, 5.74) is 1.98. The highest BCUT2D eigenvalue weighted by molar-refractivity contribution is 5.31. The molecule has 0 amide bonds. The van der Waals surface area contributed by atoms with Crippen molar-refractivity contribution < 1.29 is 0 Å². The molecular formula is C11H18. The molecule has 0 aliphatic heterocycles. The molecule has 0 aromatic carbocycles. The zero-order valence-corrected chi connectivity index (χ0v) is 7.85. The topological polar surface area (TPSA) is 0 Å². The van der Waals surface area contributed by atoms with Gasteiger partial charge in [0.05, 0.1) is 0 Å². The zero-order valence-electron chi connectivity index (χ0n) is 7.85. The van der Waals surface area contributed by atoms with E-state index in [4.69, 9.17) is 0 Å². The van der Waals surface area contributed by atoms with Crippen LogP contribution in [0.15, 0.2) is 23.8 Å². The van der Waals surface area contributed by atoms with Crippen molar-refractivity contribution in [2.45, 2.75) is 40.0 Å². The van der Waals surface area contributed by atoms with Gasteiger partial charge in [0.25, 0.3) is 0 Å². The van der Waals surface area contributed by atoms with E-state index in [2.05, 4.69) is 39.0 Å². The van der Waals surface area contributed by atoms with Crippen LogP contribution in [-0.4, -0.2) is 0 Å². The first kappa shape index (κ1) is 8.58. The van der Waals surface area contributed by atoms with E-state index < -0.39 is 0 Å². The summed E-state index contributed by atoms with van der Waals surface area (Å²) in [5.74, 6) is 0. The fourth-order valence-electron chi connectivity index (χ4n) is 1.56. The van der Waals surface area contributed by atoms with Gasteiger partial charge in [-0.25, -0.2) is 0 Å². The molecule has 1 aliphatic rings. The van der Waals surface area contributed by atoms with E-state index in [1.807, 2.05) is 0 Å². The first-order valence-electron chi connectivity index (χ1n) is 4.60. The molecule has 0 saturated heterocycles. The third-order valence-corrected chi connectivity index (χ3v) is 3.03. The van der Waals surface area contributed by atoms with Crippen molar-refractivity contribution in [3.8, 4) is 0 Å². The van der Waals surface area contributed by atoms with Crippen LogP contribution in [0.4, 0.5) is 0 Å². The van der Waals surface area contributed by atoms with Crippen molar-refractivity contribution >= 4 is 0 Å². The van der Waals surface area contributed by atoms with Crippen LogP contribution in [0, 0.1) is 5.41 Å². The lowest BCUT2D eigenvalue weighted by Gasteiger charge is -2.27. The summed E-state index contributed by atoms with van der Waals surface area (Å²) in [5, 5.41) is 0. The highest BCUT2D eigenvalue weighted by atomic mass is 14.3. The van der Waals surface area contributed by atoms with E-state index in [-0.39, 0.29) is 0 Å². The Labute approximate surface area is 70.0 Å². The molecule has 0 bridgehead atoms. The van der Waals surface area contributed by atoms with E-state index >= 15 is 0 Å². The van der Waals surface area contributed by atoms with Crippen molar-refractivity contribution in [2.24, 2.45) is 5.41 Å². The van der Waals surface area contributed by atoms with Crippen LogP contribution in [0.25, 0.3) is 0 Å². The normalized spacial score (nSPS) is 17.2. The Kier molecular flexibility index (Phi) is 2.53. The monoisotopic (exact) mass is 150 g/mol. The Morgan fingerprint density at radius 1 is 1.36 bits per heavy atom. The molecule has 0 aromatic heterocycles. The van der Waals surface area contributed by atoms with Crippen molar-refractivity contribution in [2.75, 3.05) is 0 Å². The number of hydrogen-bond donors (Lipinski definition) is 0. The molecule has 0 spiro atoms. The summed E-state index contributed by atoms with van der Waals surface area (Å²) in [6.07, 6.45) is 10.5. The first-order chi connectivity index (χ1) is 5.23. The fourth-order valence-corrected chi connectivity index (χ4v) is 1.56. The van der Waals surface area contributed by atoms with Crippen LogP contribution in [-0.2, 0) is 0 Å². The van der Waals surface area contributed by atoms with Crippen LogP contribution in [0.5, 0.6) is 0 Å². The minimum absolute atomic E-state index is 0.438. The summed E-state index contributed by atoms with van der Waals surface area (Å²) < 4.78 is 0. The Bertz CT molecular complexity index is 180. The van der Waals surface area contributed by atoms with E-state index in [9.17, 15) is 0 Å². The second-order valence-corrected chi connectivity index (χ2v) is 3.57. The number of rotatable bonds is 3. The van der Waals surface area contributed by atoms with Crippen molar-refractivity contribution in [1.29, 1.82) is 0 Å². The molecule has 1 aliphatic carbocycles. The third kappa shape index (κ3) is 1.55. The number of hydrogen-bond acceptors (Lipinski definition) is 0. The number of allylic oxidation sites excluding steroid dienone is 4. The Morgan fingerprint density at radius 2 is 2.00 bits per heavy atom. The van der Waals surface area contributed by atoms with Gasteiger partial charge >= 0.3 is 0 Å². The largest absolute Gasteiger partial charge is 0.0804 e. The zero-order chi connectivity index (χ0) is 8.32. The van der Waals surface area contributed by atoms with E-state index in [0.717, 1.165) is 6.42 Å². The van der Waals surface area contributed by atoms with Gasteiger partial charge in [-0.1, -0.05) is 39.0 Å². The van der Waals surface area contributed by atoms with Gasteiger partial charge in [0.15, 0.2) is 0 Å². The van der Waals surface area contributed by atoms with Gasteiger partial charge in [-0.05, 0) is 30.3 Å². The van der Waals surface area contributed by atoms with Crippen molar-refractivity contribution in [3.05, 3.63) is 23.8 Å². The molecule has 0 nitrogen and oxygen atoms in total. The average molecular weight is 150 g/mol. The summed E-state index contributed by atoms with van der Waals surface area (Å²) in [4.78, 5) is 0. The van der Waals surface area contributed by atoms with Crippen LogP contribution in [0.2, 0.25) is 0 Å². The lowest BCUT2D eigenvalue weighted by atomic mass is 9.78. The quantitative estimate of drug-likeness (QED) is 0.575. The highest BCUT2D eigenvalue weighted by Gasteiger charge is 2.23. The van der Waals surface area contributed by atoms with Gasteiger partial charge in [-0.15, -0.1) is 0 Å². The second-order valence-electron chi connectivity index (χ2n) is 3.57. The molecular weight excluding hydrogens is 132 g/mol. The van der Waals surface area contributed by atoms with Gasteiger partial charge in [-0.3, -0.25) is 0 Å². The van der Waals surface area contributed by atoms with Gasteiger partial charge in [0.1, 0.15) is 0 Å². The first-order valence-corrected chi connectivity index (χ1v) is 4.60. The molecule has 0 N–H and O–H groups in total. The molecule has 0 fully saturated rings. The highest BCUT2D eigenvalue weighted by Crippen LogP contribution is 2.37. The van der Waals surface area contributed by atoms with E-state index in [1.165, 1.54) is 12.8 Å². The van der Waals surface area contributed by atoms with Gasteiger partial charge in [0, 0.05) is 0 Å². The van der Waals surface area contributed by atoms with Crippen molar-refractivity contribution in [3.63, 3.8) is 0 Å². The average Bonchev–Trinajstić information content (AvgIpc) is 2.55. The second kappa shape index (κ2) is 3.25. The van der Waals surface area contributed by atoms with Crippen LogP contribution in [0.1, 0.15) is 40.0 Å². The smallest absolute Gasteiger partial charge is 0.00836 e. The predicted molar refractivity (Wildman–Crippen MR) is 50.5 cm³/mol. The molecule has 1 rings (SSSR count). The molecule has 0 saturated carbocycles. The van der Waals surface area contributed by atoms with Gasteiger partial charge in [-0.2, -0.15) is 0 Å². The fraction of sp³-hybridized carbons (Fsp3) is 0.636. The molecule has 0 heteroatoms. The van der Waals surface area contributed by atoms with Gasteiger partial charge < -0.3 is 0 Å². The molecule has 0 aromatic rings. The molecule has 0 radical (unpaired) electrons. The lowest BCUT2D eigenvalue weighted by molar-refractivity contribution is 0.377. The van der Waals surface area contributed by atoms with Crippen LogP contribution < -0.4 is 0 Å². The standard InChI is InChI=1S/C11H18/c1-4-11(3,5-2)10-8-6-7-9-10/h6,8-9H,4-5,7H2,1-3H3. The Hall–Kier alpha value is -0.520. The minimum atomic E-state index is 0.438. The predicted octanol–water partition coefficient (Wildman–Crippen LogP) is 3.70. The molecule has 0 atom stereocenters. The Balaban J connectivity index is 2.76. The summed E-state index contributed by atoms with van der Waals surface area (Å²) in [7, 11) is 0. The summed E-state index contributed by atoms with van der Waals surface area (Å²) >= 11 is 0. The maximum atomic E-state index is 2.36. The maximum Gasteiger partial charge on any atom is -0.00836 e. The molecule has 62 valence electrons. The summed E-state index contributed by atoms with van der Waals surface area (Å²) in [6.45, 7) is 6.90. The lowest BCUT2D eigenvalue weighted by Crippen LogP contribution is -2.14. The van der Waals surface area contributed by atoms with Crippen LogP contribution in [0.3, 0.4) is 0 Å². The third-order valence-electron chi connectivity index (χ3n) is 3.03. The van der Waals surface area contributed by atoms with Crippen LogP contribution >= 0.6 is 0 Å². The van der Waals surface area contributed by atoms with E-state index in [0.29, 0.717) is 5.41 Å². The minimum Gasteiger partial charge on any atom is -0.0804 e. The van der Waals surface area contributed by atoms with E-state index in [1.54, 1.807) is 5.57 Å².